The SMILES string of the molecule is CC(C)(C)ONC(=O)CC1COCCN1. The Hall–Kier alpha value is -0.650. The summed E-state index contributed by atoms with van der Waals surface area (Å²) in [6.45, 7) is 7.76. The van der Waals surface area contributed by atoms with Gasteiger partial charge in [-0.05, 0) is 20.8 Å². The highest BCUT2D eigenvalue weighted by Gasteiger charge is 2.18. The van der Waals surface area contributed by atoms with Gasteiger partial charge in [0.15, 0.2) is 0 Å². The molecule has 0 aromatic carbocycles. The molecule has 1 rings (SSSR count). The molecule has 1 aliphatic heterocycles. The standard InChI is InChI=1S/C10H20N2O3/c1-10(2,3)15-12-9(13)6-8-7-14-5-4-11-8/h8,11H,4-7H2,1-3H3,(H,12,13). The number of ether oxygens (including phenoxy) is 1. The molecule has 1 unspecified atom stereocenters. The second kappa shape index (κ2) is 5.44. The summed E-state index contributed by atoms with van der Waals surface area (Å²) in [5.74, 6) is -0.118. The smallest absolute Gasteiger partial charge is 0.245 e. The third kappa shape index (κ3) is 5.71. The monoisotopic (exact) mass is 216 g/mol. The quantitative estimate of drug-likeness (QED) is 0.662. The van der Waals surface area contributed by atoms with E-state index in [1.807, 2.05) is 20.8 Å². The Labute approximate surface area is 90.5 Å². The van der Waals surface area contributed by atoms with E-state index in [4.69, 9.17) is 9.57 Å². The van der Waals surface area contributed by atoms with Gasteiger partial charge in [-0.25, -0.2) is 5.48 Å². The molecule has 2 N–H and O–H groups in total. The van der Waals surface area contributed by atoms with Crippen molar-refractivity contribution in [1.29, 1.82) is 0 Å². The van der Waals surface area contributed by atoms with Gasteiger partial charge >= 0.3 is 0 Å². The first kappa shape index (κ1) is 12.4. The lowest BCUT2D eigenvalue weighted by Crippen LogP contribution is -2.45. The van der Waals surface area contributed by atoms with E-state index in [-0.39, 0.29) is 17.6 Å². The summed E-state index contributed by atoms with van der Waals surface area (Å²) >= 11 is 0. The molecule has 5 heteroatoms. The van der Waals surface area contributed by atoms with Gasteiger partial charge in [-0.15, -0.1) is 0 Å². The van der Waals surface area contributed by atoms with Crippen LogP contribution in [0.3, 0.4) is 0 Å². The highest BCUT2D eigenvalue weighted by Crippen LogP contribution is 2.04. The van der Waals surface area contributed by atoms with E-state index in [2.05, 4.69) is 10.8 Å². The molecule has 0 aliphatic carbocycles. The van der Waals surface area contributed by atoms with Crippen LogP contribution in [0, 0.1) is 0 Å². The Morgan fingerprint density at radius 2 is 2.33 bits per heavy atom. The van der Waals surface area contributed by atoms with Crippen LogP contribution >= 0.6 is 0 Å². The van der Waals surface area contributed by atoms with Crippen molar-refractivity contribution >= 4 is 5.91 Å². The number of carbonyl (C=O) groups excluding carboxylic acids is 1. The molecule has 0 aromatic rings. The highest BCUT2D eigenvalue weighted by atomic mass is 16.7. The first-order chi connectivity index (χ1) is 6.97. The van der Waals surface area contributed by atoms with Gasteiger partial charge in [-0.1, -0.05) is 0 Å². The minimum Gasteiger partial charge on any atom is -0.378 e. The highest BCUT2D eigenvalue weighted by molar-refractivity contribution is 5.75. The molecular weight excluding hydrogens is 196 g/mol. The summed E-state index contributed by atoms with van der Waals surface area (Å²) in [4.78, 5) is 16.6. The Morgan fingerprint density at radius 1 is 1.60 bits per heavy atom. The largest absolute Gasteiger partial charge is 0.378 e. The van der Waals surface area contributed by atoms with E-state index in [9.17, 15) is 4.79 Å². The van der Waals surface area contributed by atoms with E-state index in [1.54, 1.807) is 0 Å². The molecule has 88 valence electrons. The second-order valence-electron chi connectivity index (χ2n) is 4.67. The van der Waals surface area contributed by atoms with Gasteiger partial charge in [-0.2, -0.15) is 0 Å². The van der Waals surface area contributed by atoms with Crippen LogP contribution in [0.25, 0.3) is 0 Å². The van der Waals surface area contributed by atoms with Gasteiger partial charge in [0.25, 0.3) is 0 Å². The van der Waals surface area contributed by atoms with Gasteiger partial charge in [0.05, 0.1) is 18.8 Å². The van der Waals surface area contributed by atoms with Crippen molar-refractivity contribution in [2.75, 3.05) is 19.8 Å². The summed E-state index contributed by atoms with van der Waals surface area (Å²) in [6, 6.07) is 0.0994. The number of hydroxylamine groups is 1. The predicted octanol–water partition coefficient (Wildman–Crippen LogP) is 0.211. The van der Waals surface area contributed by atoms with Gasteiger partial charge in [0, 0.05) is 19.0 Å². The average molecular weight is 216 g/mol. The van der Waals surface area contributed by atoms with Crippen LogP contribution in [0.4, 0.5) is 0 Å². The van der Waals surface area contributed by atoms with Gasteiger partial charge < -0.3 is 10.1 Å². The average Bonchev–Trinajstić information content (AvgIpc) is 2.15. The normalized spacial score (nSPS) is 22.5. The lowest BCUT2D eigenvalue weighted by Gasteiger charge is -2.24. The van der Waals surface area contributed by atoms with E-state index in [1.165, 1.54) is 0 Å². The molecule has 1 heterocycles. The van der Waals surface area contributed by atoms with Gasteiger partial charge in [0.1, 0.15) is 0 Å². The maximum Gasteiger partial charge on any atom is 0.245 e. The number of rotatable bonds is 3. The summed E-state index contributed by atoms with van der Waals surface area (Å²) in [5.41, 5.74) is 2.08. The molecule has 1 aliphatic rings. The van der Waals surface area contributed by atoms with Crippen LogP contribution in [0.15, 0.2) is 0 Å². The topological polar surface area (TPSA) is 59.6 Å². The zero-order chi connectivity index (χ0) is 11.3. The first-order valence-corrected chi connectivity index (χ1v) is 5.25. The maximum absolute atomic E-state index is 11.4. The molecule has 5 nitrogen and oxygen atoms in total. The van der Waals surface area contributed by atoms with Crippen LogP contribution in [-0.2, 0) is 14.4 Å². The molecule has 0 bridgehead atoms. The minimum atomic E-state index is -0.355. The first-order valence-electron chi connectivity index (χ1n) is 5.25. The van der Waals surface area contributed by atoms with Crippen molar-refractivity contribution in [2.24, 2.45) is 0 Å². The minimum absolute atomic E-state index is 0.0994. The molecule has 15 heavy (non-hydrogen) atoms. The van der Waals surface area contributed by atoms with Crippen molar-refractivity contribution in [2.45, 2.75) is 38.8 Å². The van der Waals surface area contributed by atoms with Gasteiger partial charge in [0.2, 0.25) is 5.91 Å². The van der Waals surface area contributed by atoms with Crippen molar-refractivity contribution in [3.8, 4) is 0 Å². The Morgan fingerprint density at radius 3 is 2.87 bits per heavy atom. The van der Waals surface area contributed by atoms with Crippen molar-refractivity contribution in [1.82, 2.24) is 10.8 Å². The summed E-state index contributed by atoms with van der Waals surface area (Å²) in [7, 11) is 0. The fraction of sp³-hybridized carbons (Fsp3) is 0.900. The number of morpholine rings is 1. The summed E-state index contributed by atoms with van der Waals surface area (Å²) < 4.78 is 5.25. The van der Waals surface area contributed by atoms with Crippen LogP contribution in [-0.4, -0.2) is 37.3 Å². The Balaban J connectivity index is 2.17. The van der Waals surface area contributed by atoms with E-state index in [0.717, 1.165) is 13.2 Å². The summed E-state index contributed by atoms with van der Waals surface area (Å²) in [6.07, 6.45) is 0.385. The van der Waals surface area contributed by atoms with Crippen LogP contribution in [0.5, 0.6) is 0 Å². The number of hydrogen-bond acceptors (Lipinski definition) is 4. The fourth-order valence-electron chi connectivity index (χ4n) is 1.23. The Bertz CT molecular complexity index is 207. The van der Waals surface area contributed by atoms with Gasteiger partial charge in [-0.3, -0.25) is 9.63 Å². The molecule has 0 radical (unpaired) electrons. The van der Waals surface area contributed by atoms with Crippen molar-refractivity contribution in [3.05, 3.63) is 0 Å². The third-order valence-electron chi connectivity index (χ3n) is 1.90. The predicted molar refractivity (Wildman–Crippen MR) is 56.2 cm³/mol. The number of carbonyl (C=O) groups is 1. The number of nitrogens with one attached hydrogen (secondary N) is 2. The molecule has 1 atom stereocenters. The zero-order valence-electron chi connectivity index (χ0n) is 9.63. The number of amides is 1. The molecule has 0 aromatic heterocycles. The lowest BCUT2D eigenvalue weighted by molar-refractivity contribution is -0.146. The zero-order valence-corrected chi connectivity index (χ0v) is 9.63. The summed E-state index contributed by atoms with van der Waals surface area (Å²) in [5, 5.41) is 3.21. The maximum atomic E-state index is 11.4. The second-order valence-corrected chi connectivity index (χ2v) is 4.67. The molecule has 1 saturated heterocycles. The van der Waals surface area contributed by atoms with Crippen LogP contribution < -0.4 is 10.8 Å². The number of hydrogen-bond donors (Lipinski definition) is 2. The van der Waals surface area contributed by atoms with Crippen molar-refractivity contribution in [3.63, 3.8) is 0 Å². The molecule has 1 amide bonds. The lowest BCUT2D eigenvalue weighted by atomic mass is 10.2. The van der Waals surface area contributed by atoms with E-state index >= 15 is 0 Å². The molecule has 0 spiro atoms. The van der Waals surface area contributed by atoms with E-state index < -0.39 is 0 Å². The van der Waals surface area contributed by atoms with Crippen molar-refractivity contribution < 1.29 is 14.4 Å². The molecule has 0 saturated carbocycles. The third-order valence-corrected chi connectivity index (χ3v) is 1.90. The van der Waals surface area contributed by atoms with E-state index in [0.29, 0.717) is 13.0 Å². The fourth-order valence-corrected chi connectivity index (χ4v) is 1.23. The van der Waals surface area contributed by atoms with Crippen LogP contribution in [0.1, 0.15) is 27.2 Å². The van der Waals surface area contributed by atoms with Crippen LogP contribution in [0.2, 0.25) is 0 Å². The molecule has 1 fully saturated rings. The molecular formula is C10H20N2O3. The Kier molecular flexibility index (Phi) is 4.50.